The maximum atomic E-state index is 10.1. The van der Waals surface area contributed by atoms with Crippen molar-refractivity contribution in [1.29, 1.82) is 0 Å². The topological polar surface area (TPSA) is 108 Å². The molecule has 0 fully saturated rings. The van der Waals surface area contributed by atoms with Gasteiger partial charge in [0.15, 0.2) is 0 Å². The SMILES string of the molecule is [N-]=[N+]=NC[C@@H](O)COc1ccc(N=O)cc1. The molecular formula is C9H10N4O3. The van der Waals surface area contributed by atoms with Crippen LogP contribution in [0.4, 0.5) is 5.69 Å². The van der Waals surface area contributed by atoms with Gasteiger partial charge >= 0.3 is 0 Å². The van der Waals surface area contributed by atoms with Gasteiger partial charge in [-0.05, 0) is 35.0 Å². The fraction of sp³-hybridized carbons (Fsp3) is 0.333. The quantitative estimate of drug-likeness (QED) is 0.344. The number of ether oxygens (including phenoxy) is 1. The molecule has 0 saturated carbocycles. The van der Waals surface area contributed by atoms with E-state index in [4.69, 9.17) is 10.3 Å². The van der Waals surface area contributed by atoms with Gasteiger partial charge in [0.05, 0.1) is 12.6 Å². The Bertz CT molecular complexity index is 386. The number of hydrogen-bond acceptors (Lipinski definition) is 5. The average Bonchev–Trinajstić information content (AvgIpc) is 2.34. The maximum absolute atomic E-state index is 10.1. The molecular weight excluding hydrogens is 212 g/mol. The van der Waals surface area contributed by atoms with E-state index < -0.39 is 6.10 Å². The summed E-state index contributed by atoms with van der Waals surface area (Å²) in [6.07, 6.45) is -0.847. The van der Waals surface area contributed by atoms with Crippen LogP contribution in [0.15, 0.2) is 34.6 Å². The number of hydrogen-bond donors (Lipinski definition) is 1. The summed E-state index contributed by atoms with van der Waals surface area (Å²) < 4.78 is 5.19. The second kappa shape index (κ2) is 6.39. The molecule has 0 saturated heterocycles. The molecule has 0 aromatic heterocycles. The summed E-state index contributed by atoms with van der Waals surface area (Å²) in [5.74, 6) is 0.507. The molecule has 0 bridgehead atoms. The molecule has 0 amide bonds. The molecule has 0 heterocycles. The molecule has 7 heteroatoms. The van der Waals surface area contributed by atoms with Crippen LogP contribution < -0.4 is 4.74 Å². The number of benzene rings is 1. The van der Waals surface area contributed by atoms with Crippen molar-refractivity contribution in [3.05, 3.63) is 39.6 Å². The Morgan fingerprint density at radius 1 is 1.44 bits per heavy atom. The Hall–Kier alpha value is -2.11. The monoisotopic (exact) mass is 222 g/mol. The van der Waals surface area contributed by atoms with Crippen LogP contribution in [0.25, 0.3) is 10.4 Å². The van der Waals surface area contributed by atoms with Crippen molar-refractivity contribution in [3.8, 4) is 5.75 Å². The fourth-order valence-corrected chi connectivity index (χ4v) is 0.979. The van der Waals surface area contributed by atoms with E-state index in [0.717, 1.165) is 0 Å². The van der Waals surface area contributed by atoms with E-state index >= 15 is 0 Å². The summed E-state index contributed by atoms with van der Waals surface area (Å²) in [7, 11) is 0. The lowest BCUT2D eigenvalue weighted by Crippen LogP contribution is -2.20. The fourth-order valence-electron chi connectivity index (χ4n) is 0.979. The van der Waals surface area contributed by atoms with Gasteiger partial charge in [0.1, 0.15) is 18.0 Å². The molecule has 0 spiro atoms. The highest BCUT2D eigenvalue weighted by Gasteiger charge is 2.03. The van der Waals surface area contributed by atoms with Crippen molar-refractivity contribution in [2.75, 3.05) is 13.2 Å². The van der Waals surface area contributed by atoms with Crippen molar-refractivity contribution in [1.82, 2.24) is 0 Å². The van der Waals surface area contributed by atoms with Crippen LogP contribution in [0.3, 0.4) is 0 Å². The highest BCUT2D eigenvalue weighted by molar-refractivity contribution is 5.40. The van der Waals surface area contributed by atoms with Gasteiger partial charge in [-0.2, -0.15) is 0 Å². The highest BCUT2D eigenvalue weighted by atomic mass is 16.5. The van der Waals surface area contributed by atoms with Crippen LogP contribution in [-0.4, -0.2) is 24.4 Å². The summed E-state index contributed by atoms with van der Waals surface area (Å²) in [6, 6.07) is 6.14. The van der Waals surface area contributed by atoms with Gasteiger partial charge in [-0.25, -0.2) is 0 Å². The van der Waals surface area contributed by atoms with E-state index in [1.54, 1.807) is 12.1 Å². The van der Waals surface area contributed by atoms with Crippen molar-refractivity contribution in [2.24, 2.45) is 10.3 Å². The van der Waals surface area contributed by atoms with Crippen molar-refractivity contribution in [3.63, 3.8) is 0 Å². The lowest BCUT2D eigenvalue weighted by molar-refractivity contribution is 0.114. The lowest BCUT2D eigenvalue weighted by atomic mass is 10.3. The Morgan fingerprint density at radius 2 is 2.12 bits per heavy atom. The predicted molar refractivity (Wildman–Crippen MR) is 57.4 cm³/mol. The minimum Gasteiger partial charge on any atom is -0.491 e. The molecule has 84 valence electrons. The van der Waals surface area contributed by atoms with Crippen LogP contribution in [0.5, 0.6) is 5.75 Å². The molecule has 0 unspecified atom stereocenters. The van der Waals surface area contributed by atoms with Crippen molar-refractivity contribution < 1.29 is 9.84 Å². The first-order chi connectivity index (χ1) is 7.76. The van der Waals surface area contributed by atoms with Gasteiger partial charge in [0.25, 0.3) is 0 Å². The minimum atomic E-state index is -0.847. The van der Waals surface area contributed by atoms with E-state index in [9.17, 15) is 10.0 Å². The molecule has 0 aliphatic heterocycles. The summed E-state index contributed by atoms with van der Waals surface area (Å²) in [5, 5.41) is 15.2. The van der Waals surface area contributed by atoms with Crippen molar-refractivity contribution >= 4 is 5.69 Å². The number of nitrogens with zero attached hydrogens (tertiary/aromatic N) is 4. The molecule has 1 aromatic carbocycles. The van der Waals surface area contributed by atoms with E-state index in [1.165, 1.54) is 12.1 Å². The minimum absolute atomic E-state index is 0.0207. The smallest absolute Gasteiger partial charge is 0.119 e. The average molecular weight is 222 g/mol. The Balaban J connectivity index is 2.41. The Morgan fingerprint density at radius 3 is 2.69 bits per heavy atom. The maximum Gasteiger partial charge on any atom is 0.119 e. The molecule has 1 rings (SSSR count). The van der Waals surface area contributed by atoms with E-state index in [-0.39, 0.29) is 13.2 Å². The summed E-state index contributed by atoms with van der Waals surface area (Å²) >= 11 is 0. The zero-order chi connectivity index (χ0) is 11.8. The van der Waals surface area contributed by atoms with E-state index in [1.807, 2.05) is 0 Å². The lowest BCUT2D eigenvalue weighted by Gasteiger charge is -2.09. The van der Waals surface area contributed by atoms with Gasteiger partial charge in [-0.1, -0.05) is 5.11 Å². The van der Waals surface area contributed by atoms with Gasteiger partial charge in [0.2, 0.25) is 0 Å². The van der Waals surface area contributed by atoms with E-state index in [2.05, 4.69) is 15.2 Å². The summed E-state index contributed by atoms with van der Waals surface area (Å²) in [5.41, 5.74) is 8.33. The second-order valence-electron chi connectivity index (χ2n) is 2.96. The first-order valence-electron chi connectivity index (χ1n) is 4.51. The normalized spacial score (nSPS) is 11.3. The molecule has 1 aromatic rings. The summed E-state index contributed by atoms with van der Waals surface area (Å²) in [6.45, 7) is -0.0165. The highest BCUT2D eigenvalue weighted by Crippen LogP contribution is 2.17. The van der Waals surface area contributed by atoms with Crippen molar-refractivity contribution in [2.45, 2.75) is 6.10 Å². The van der Waals surface area contributed by atoms with Gasteiger partial charge < -0.3 is 9.84 Å². The predicted octanol–water partition coefficient (Wildman–Crippen LogP) is 2.13. The molecule has 7 nitrogen and oxygen atoms in total. The number of rotatable bonds is 6. The standard InChI is InChI=1S/C9H10N4O3/c10-13-11-5-8(14)6-16-9-3-1-7(12-15)2-4-9/h1-4,8,14H,5-6H2/t8-/m1/s1. The van der Waals surface area contributed by atoms with Crippen LogP contribution in [0, 0.1) is 4.91 Å². The number of aliphatic hydroxyl groups excluding tert-OH is 1. The van der Waals surface area contributed by atoms with Gasteiger partial charge in [0, 0.05) is 4.91 Å². The van der Waals surface area contributed by atoms with Gasteiger partial charge in [-0.3, -0.25) is 0 Å². The van der Waals surface area contributed by atoms with Gasteiger partial charge in [-0.15, -0.1) is 4.91 Å². The number of nitroso groups, excluding NO2 is 1. The molecule has 1 atom stereocenters. The molecule has 0 radical (unpaired) electrons. The zero-order valence-corrected chi connectivity index (χ0v) is 8.35. The molecule has 1 N–H and O–H groups in total. The zero-order valence-electron chi connectivity index (χ0n) is 8.35. The first-order valence-corrected chi connectivity index (χ1v) is 4.51. The Kier molecular flexibility index (Phi) is 4.78. The van der Waals surface area contributed by atoms with Crippen LogP contribution in [0.2, 0.25) is 0 Å². The van der Waals surface area contributed by atoms with Crippen LogP contribution >= 0.6 is 0 Å². The van der Waals surface area contributed by atoms with Crippen LogP contribution in [-0.2, 0) is 0 Å². The third-order valence-corrected chi connectivity index (χ3v) is 1.74. The molecule has 16 heavy (non-hydrogen) atoms. The van der Waals surface area contributed by atoms with Crippen LogP contribution in [0.1, 0.15) is 0 Å². The molecule has 0 aliphatic rings. The third-order valence-electron chi connectivity index (χ3n) is 1.74. The van der Waals surface area contributed by atoms with E-state index in [0.29, 0.717) is 11.4 Å². The molecule has 0 aliphatic carbocycles. The Labute approximate surface area is 91.3 Å². The largest absolute Gasteiger partial charge is 0.491 e. The number of aliphatic hydroxyl groups is 1. The summed E-state index contributed by atoms with van der Waals surface area (Å²) in [4.78, 5) is 12.6. The number of azide groups is 1. The first kappa shape index (κ1) is 12.0. The second-order valence-corrected chi connectivity index (χ2v) is 2.96. The third kappa shape index (κ3) is 3.95.